The second-order valence-electron chi connectivity index (χ2n) is 0. The van der Waals surface area contributed by atoms with E-state index in [0.29, 0.717) is 0 Å². The minimum atomic E-state index is 0. The van der Waals surface area contributed by atoms with E-state index in [0.717, 1.165) is 0 Å². The normalized spacial score (nSPS) is 0. The molecule has 5 heavy (non-hydrogen) atoms. The summed E-state index contributed by atoms with van der Waals surface area (Å²) in [7, 11) is 0. The Morgan fingerprint density at radius 2 is 0.400 bits per heavy atom. The van der Waals surface area contributed by atoms with E-state index in [-0.39, 0.29) is 57.1 Å². The van der Waals surface area contributed by atoms with E-state index >= 15 is 0 Å². The topological polar surface area (TPSA) is 0 Å². The third kappa shape index (κ3) is 38.3. The van der Waals surface area contributed by atoms with E-state index in [1.165, 1.54) is 0 Å². The van der Waals surface area contributed by atoms with Crippen LogP contribution in [0.4, 0.5) is 0 Å². The second kappa shape index (κ2) is 66.4. The van der Waals surface area contributed by atoms with Crippen molar-refractivity contribution in [3.63, 3.8) is 0 Å². The molecule has 0 aliphatic heterocycles. The maximum atomic E-state index is 0. The molecule has 0 aliphatic carbocycles. The summed E-state index contributed by atoms with van der Waals surface area (Å²) in [5, 5.41) is 0. The van der Waals surface area contributed by atoms with Crippen molar-refractivity contribution >= 4 is 49.6 Å². The highest BCUT2D eigenvalue weighted by Gasteiger charge is 0.0000279. The zero-order valence-corrected chi connectivity index (χ0v) is 5.40. The Hall–Kier alpha value is 1.16. The van der Waals surface area contributed by atoms with E-state index in [9.17, 15) is 0 Å². The van der Waals surface area contributed by atoms with Gasteiger partial charge >= 0.3 is 0 Å². The van der Waals surface area contributed by atoms with E-state index < -0.39 is 0 Å². The molecule has 4 radical (unpaired) electrons. The van der Waals surface area contributed by atoms with Crippen LogP contribution in [0.25, 0.3) is 0 Å². The average molecular weight is 150 g/mol. The highest BCUT2D eigenvalue weighted by molar-refractivity contribution is 5.86. The van der Waals surface area contributed by atoms with Crippen LogP contribution in [-0.4, -0.2) is 0 Å². The summed E-state index contributed by atoms with van der Waals surface area (Å²) >= 11 is 0. The van der Waals surface area contributed by atoms with Gasteiger partial charge in [0.2, 0.25) is 0 Å². The van der Waals surface area contributed by atoms with Crippen molar-refractivity contribution in [3.05, 3.63) is 7.43 Å². The van der Waals surface area contributed by atoms with Crippen molar-refractivity contribution in [1.29, 1.82) is 0 Å². The summed E-state index contributed by atoms with van der Waals surface area (Å²) < 4.78 is 0. The van der Waals surface area contributed by atoms with Gasteiger partial charge in [0.25, 0.3) is 0 Å². The number of halogens is 4. The maximum absolute atomic E-state index is 0. The lowest BCUT2D eigenvalue weighted by Crippen LogP contribution is 0.0813. The van der Waals surface area contributed by atoms with Gasteiger partial charge in [-0.25, -0.2) is 0 Å². The number of hydrogen-bond donors (Lipinski definition) is 0. The first-order valence-electron chi connectivity index (χ1n) is 0. The summed E-state index contributed by atoms with van der Waals surface area (Å²) in [5.41, 5.74) is 0. The van der Waals surface area contributed by atoms with Crippen LogP contribution in [0.2, 0.25) is 0 Å². The summed E-state index contributed by atoms with van der Waals surface area (Å²) in [6, 6.07) is 0. The molecule has 36 valence electrons. The van der Waals surface area contributed by atoms with Crippen molar-refractivity contribution in [2.45, 2.75) is 0 Å². The average Bonchev–Trinajstić information content (AvgIpc) is 0. The third-order valence-corrected chi connectivity index (χ3v) is 0. The largest absolute Gasteiger partial charge is 0.147 e. The Bertz CT molecular complexity index is 3.61. The van der Waals surface area contributed by atoms with E-state index in [1.807, 2.05) is 0 Å². The van der Waals surface area contributed by atoms with Crippen molar-refractivity contribution < 1.29 is 0 Å². The lowest BCUT2D eigenvalue weighted by Gasteiger charge is -0.148. The van der Waals surface area contributed by atoms with Gasteiger partial charge in [0.05, 0.1) is 0 Å². The fourth-order valence-electron chi connectivity index (χ4n) is 0. The summed E-state index contributed by atoms with van der Waals surface area (Å²) in [6.07, 6.45) is 0. The molecule has 0 saturated heterocycles. The van der Waals surface area contributed by atoms with Crippen LogP contribution < -0.4 is 0 Å². The molecule has 0 heterocycles. The Balaban J connectivity index is 0. The Labute approximate surface area is 57.4 Å². The van der Waals surface area contributed by atoms with Crippen molar-refractivity contribution in [3.8, 4) is 0 Å². The zero-order valence-electron chi connectivity index (χ0n) is 2.13. The molecule has 0 nitrogen and oxygen atoms in total. The van der Waals surface area contributed by atoms with Crippen LogP contribution in [0.15, 0.2) is 0 Å². The highest BCUT2D eigenvalue weighted by atomic mass is 35.5. The molecule has 0 unspecified atom stereocenters. The molecule has 4 heteroatoms. The fourth-order valence-corrected chi connectivity index (χ4v) is 0. The zero-order chi connectivity index (χ0) is 0. The first kappa shape index (κ1) is 122. The minimum Gasteiger partial charge on any atom is -0.147 e. The first-order valence-corrected chi connectivity index (χ1v) is 0. The third-order valence-electron chi connectivity index (χ3n) is 0. The number of rotatable bonds is 0. The van der Waals surface area contributed by atoms with Crippen LogP contribution in [0.5, 0.6) is 0 Å². The molecule has 0 aromatic carbocycles. The van der Waals surface area contributed by atoms with Gasteiger partial charge in [-0.1, -0.05) is 0 Å². The van der Waals surface area contributed by atoms with Gasteiger partial charge < -0.3 is 0 Å². The van der Waals surface area contributed by atoms with Crippen LogP contribution >= 0.6 is 49.6 Å². The molecule has 0 fully saturated rings. The van der Waals surface area contributed by atoms with E-state index in [2.05, 4.69) is 0 Å². The molecule has 0 saturated carbocycles. The van der Waals surface area contributed by atoms with Gasteiger partial charge in [-0.2, -0.15) is 0 Å². The Morgan fingerprint density at radius 1 is 0.400 bits per heavy atom. The van der Waals surface area contributed by atoms with Crippen molar-refractivity contribution in [2.75, 3.05) is 0 Å². The predicted octanol–water partition coefficient (Wildman–Crippen LogP) is 1.77. The Morgan fingerprint density at radius 3 is 0.400 bits per heavy atom. The van der Waals surface area contributed by atoms with E-state index in [4.69, 9.17) is 0 Å². The smallest absolute Gasteiger partial charge is 0 e. The summed E-state index contributed by atoms with van der Waals surface area (Å²) in [6.45, 7) is 0. The van der Waals surface area contributed by atoms with Crippen LogP contribution in [0.1, 0.15) is 0 Å². The SMILES string of the molecule is Cl.Cl.Cl.Cl.[4C]. The molecule has 0 N–H and O–H groups in total. The molecule has 0 aliphatic rings. The van der Waals surface area contributed by atoms with Gasteiger partial charge in [-0.15, -0.1) is 49.6 Å². The number of hydrogen-bond acceptors (Lipinski definition) is 0. The fraction of sp³-hybridized carbons (Fsp3) is 0. The lowest BCUT2D eigenvalue weighted by molar-refractivity contribution is 3.24. The highest BCUT2D eigenvalue weighted by Crippen LogP contribution is 0.693. The van der Waals surface area contributed by atoms with Gasteiger partial charge in [0.15, 0.2) is 0 Å². The van der Waals surface area contributed by atoms with Crippen molar-refractivity contribution in [1.82, 2.24) is 0 Å². The molecule has 0 spiro atoms. The van der Waals surface area contributed by atoms with Gasteiger partial charge in [-0.3, -0.25) is 0 Å². The molecular weight excluding hydrogens is 146 g/mol. The molecule has 0 bridgehead atoms. The second-order valence-corrected chi connectivity index (χ2v) is 0. The van der Waals surface area contributed by atoms with Crippen molar-refractivity contribution in [2.24, 2.45) is 0 Å². The molecule has 0 atom stereocenters. The van der Waals surface area contributed by atoms with Crippen LogP contribution in [0, 0.1) is 7.43 Å². The van der Waals surface area contributed by atoms with Crippen LogP contribution in [0.3, 0.4) is 0 Å². The molecule has 0 aromatic heterocycles. The van der Waals surface area contributed by atoms with Gasteiger partial charge in [-0.05, 0) is 0 Å². The monoisotopic (exact) mass is 148 g/mol. The van der Waals surface area contributed by atoms with E-state index in [1.54, 1.807) is 0 Å². The van der Waals surface area contributed by atoms with Gasteiger partial charge in [0.1, 0.15) is 0 Å². The molecule has 0 rings (SSSR count). The summed E-state index contributed by atoms with van der Waals surface area (Å²) in [5.74, 6) is 0. The quantitative estimate of drug-likeness (QED) is 0.493. The predicted molar refractivity (Wildman–Crippen MR) is 32.2 cm³/mol. The maximum Gasteiger partial charge on any atom is 0 e. The molecular formula is CH4Cl4. The standard InChI is InChI=1S/C.4ClH/h;4*1H/i1-8;;;;. The first-order chi connectivity index (χ1) is 0. The van der Waals surface area contributed by atoms with Gasteiger partial charge in [0, 0.05) is 7.43 Å². The summed E-state index contributed by atoms with van der Waals surface area (Å²) in [4.78, 5) is 0. The molecule has 0 aromatic rings. The minimum absolute atomic E-state index is 0. The Kier molecular flexibility index (Phi) is 1620. The van der Waals surface area contributed by atoms with Crippen LogP contribution in [-0.2, 0) is 0 Å². The molecule has 0 amide bonds. The lowest BCUT2D eigenvalue weighted by atomic mass is 4.00.